The number of nitrogens with zero attached hydrogens (tertiary/aromatic N) is 1. The van der Waals surface area contributed by atoms with Gasteiger partial charge in [0.25, 0.3) is 5.69 Å². The van der Waals surface area contributed by atoms with Crippen LogP contribution in [0.4, 0.5) is 11.4 Å². The summed E-state index contributed by atoms with van der Waals surface area (Å²) < 4.78 is 24.5. The quantitative estimate of drug-likeness (QED) is 0.589. The van der Waals surface area contributed by atoms with Gasteiger partial charge in [-0.15, -0.1) is 0 Å². The van der Waals surface area contributed by atoms with Gasteiger partial charge in [-0.05, 0) is 31.5 Å². The van der Waals surface area contributed by atoms with Crippen molar-refractivity contribution >= 4 is 27.1 Å². The molecule has 2 rings (SSSR count). The van der Waals surface area contributed by atoms with E-state index in [4.69, 9.17) is 0 Å². The Morgan fingerprint density at radius 3 is 2.38 bits per heavy atom. The topological polar surface area (TPSA) is 106 Å². The maximum Gasteiger partial charge on any atom is 0.274 e. The predicted octanol–water partition coefficient (Wildman–Crippen LogP) is 3.27. The van der Waals surface area contributed by atoms with Crippen LogP contribution in [0, 0.1) is 17.0 Å². The highest BCUT2D eigenvalue weighted by atomic mass is 32.2. The third kappa shape index (κ3) is 4.89. The van der Waals surface area contributed by atoms with Crippen LogP contribution in [0.2, 0.25) is 0 Å². The highest BCUT2D eigenvalue weighted by Gasteiger charge is 2.18. The van der Waals surface area contributed by atoms with Gasteiger partial charge in [-0.3, -0.25) is 14.9 Å². The Labute approximate surface area is 152 Å². The van der Waals surface area contributed by atoms with Crippen molar-refractivity contribution in [3.05, 3.63) is 63.7 Å². The normalized spacial score (nSPS) is 11.2. The van der Waals surface area contributed by atoms with E-state index in [0.717, 1.165) is 5.56 Å². The number of sulfone groups is 1. The van der Waals surface area contributed by atoms with Crippen molar-refractivity contribution in [2.45, 2.75) is 31.6 Å². The van der Waals surface area contributed by atoms with Gasteiger partial charge < -0.3 is 5.32 Å². The van der Waals surface area contributed by atoms with Crippen LogP contribution >= 0.6 is 0 Å². The second-order valence-electron chi connectivity index (χ2n) is 5.88. The lowest BCUT2D eigenvalue weighted by atomic mass is 10.1. The number of hydrogen-bond donors (Lipinski definition) is 1. The zero-order valence-corrected chi connectivity index (χ0v) is 15.4. The number of rotatable bonds is 7. The summed E-state index contributed by atoms with van der Waals surface area (Å²) in [6.07, 6.45) is 0.263. The minimum absolute atomic E-state index is 0.0717. The van der Waals surface area contributed by atoms with Crippen molar-refractivity contribution in [3.63, 3.8) is 0 Å². The van der Waals surface area contributed by atoms with E-state index in [2.05, 4.69) is 5.32 Å². The predicted molar refractivity (Wildman–Crippen MR) is 99.0 cm³/mol. The van der Waals surface area contributed by atoms with E-state index in [-0.39, 0.29) is 28.4 Å². The second-order valence-corrected chi connectivity index (χ2v) is 7.99. The molecule has 138 valence electrons. The van der Waals surface area contributed by atoms with E-state index >= 15 is 0 Å². The van der Waals surface area contributed by atoms with E-state index in [0.29, 0.717) is 12.0 Å². The average molecular weight is 376 g/mol. The first-order valence-corrected chi connectivity index (χ1v) is 9.74. The number of carbonyl (C=O) groups is 1. The Bertz CT molecular complexity index is 921. The number of benzene rings is 2. The Morgan fingerprint density at radius 1 is 1.15 bits per heavy atom. The van der Waals surface area contributed by atoms with Crippen LogP contribution in [0.1, 0.15) is 24.5 Å². The minimum Gasteiger partial charge on any atom is -0.326 e. The van der Waals surface area contributed by atoms with Crippen molar-refractivity contribution in [1.82, 2.24) is 0 Å². The lowest BCUT2D eigenvalue weighted by Gasteiger charge is -2.08. The van der Waals surface area contributed by atoms with E-state index in [9.17, 15) is 23.3 Å². The summed E-state index contributed by atoms with van der Waals surface area (Å²) in [7, 11) is -3.57. The van der Waals surface area contributed by atoms with Gasteiger partial charge in [0.15, 0.2) is 9.84 Å². The fourth-order valence-corrected chi connectivity index (χ4v) is 3.67. The molecular formula is C18H20N2O5S. The number of nitrogens with one attached hydrogen (secondary N) is 1. The number of nitro groups is 1. The van der Waals surface area contributed by atoms with Gasteiger partial charge in [0.2, 0.25) is 5.91 Å². The smallest absolute Gasteiger partial charge is 0.274 e. The summed E-state index contributed by atoms with van der Waals surface area (Å²) >= 11 is 0. The second kappa shape index (κ2) is 8.09. The molecule has 8 heteroatoms. The fourth-order valence-electron chi connectivity index (χ4n) is 2.42. The van der Waals surface area contributed by atoms with Crippen molar-refractivity contribution in [2.75, 3.05) is 11.1 Å². The molecule has 0 spiro atoms. The molecule has 0 aliphatic carbocycles. The Balaban J connectivity index is 2.04. The molecule has 0 aromatic heterocycles. The zero-order chi connectivity index (χ0) is 19.3. The first-order valence-electron chi connectivity index (χ1n) is 8.09. The van der Waals surface area contributed by atoms with Crippen molar-refractivity contribution in [1.29, 1.82) is 0 Å². The summed E-state index contributed by atoms with van der Waals surface area (Å²) in [5, 5.41) is 13.6. The number of nitro benzene ring substituents is 1. The van der Waals surface area contributed by atoms with Gasteiger partial charge in [0.1, 0.15) is 0 Å². The molecule has 0 aliphatic rings. The summed E-state index contributed by atoms with van der Waals surface area (Å²) in [6.45, 7) is 3.66. The maximum atomic E-state index is 12.3. The molecule has 0 atom stereocenters. The molecule has 0 radical (unpaired) electrons. The third-order valence-electron chi connectivity index (χ3n) is 3.92. The van der Waals surface area contributed by atoms with Gasteiger partial charge in [0, 0.05) is 23.7 Å². The molecule has 0 heterocycles. The number of carbonyl (C=O) groups excluding carboxylic acids is 1. The number of anilines is 1. The standard InChI is InChI=1S/C18H20N2O5S/c1-3-14-6-7-15(12-17(14)20(22)23)19-18(21)10-11-26(24,25)16-8-4-13(2)5-9-16/h4-9,12H,3,10-11H2,1-2H3,(H,19,21). The van der Waals surface area contributed by atoms with Crippen LogP contribution in [-0.2, 0) is 21.1 Å². The zero-order valence-electron chi connectivity index (χ0n) is 14.6. The van der Waals surface area contributed by atoms with Gasteiger partial charge in [0.05, 0.1) is 15.6 Å². The molecule has 1 N–H and O–H groups in total. The first kappa shape index (κ1) is 19.6. The van der Waals surface area contributed by atoms with Gasteiger partial charge in [-0.2, -0.15) is 0 Å². The monoisotopic (exact) mass is 376 g/mol. The van der Waals surface area contributed by atoms with Crippen LogP contribution in [0.15, 0.2) is 47.4 Å². The molecule has 0 saturated heterocycles. The fraction of sp³-hybridized carbons (Fsp3) is 0.278. The van der Waals surface area contributed by atoms with Crippen LogP contribution in [0.3, 0.4) is 0 Å². The van der Waals surface area contributed by atoms with E-state index in [1.165, 1.54) is 18.2 Å². The van der Waals surface area contributed by atoms with E-state index in [1.54, 1.807) is 31.2 Å². The van der Waals surface area contributed by atoms with Crippen LogP contribution in [0.5, 0.6) is 0 Å². The SMILES string of the molecule is CCc1ccc(NC(=O)CCS(=O)(=O)c2ccc(C)cc2)cc1[N+](=O)[O-]. The average Bonchev–Trinajstić information content (AvgIpc) is 2.60. The molecule has 2 aromatic carbocycles. The number of amides is 1. The summed E-state index contributed by atoms with van der Waals surface area (Å²) in [6, 6.07) is 10.8. The summed E-state index contributed by atoms with van der Waals surface area (Å²) in [5.74, 6) is -0.851. The molecule has 7 nitrogen and oxygen atoms in total. The summed E-state index contributed by atoms with van der Waals surface area (Å²) in [5.41, 5.74) is 1.71. The minimum atomic E-state index is -3.57. The van der Waals surface area contributed by atoms with Crippen molar-refractivity contribution in [3.8, 4) is 0 Å². The molecule has 0 aliphatic heterocycles. The van der Waals surface area contributed by atoms with E-state index in [1.807, 2.05) is 6.92 Å². The Hall–Kier alpha value is -2.74. The Morgan fingerprint density at radius 2 is 1.81 bits per heavy atom. The van der Waals surface area contributed by atoms with Gasteiger partial charge >= 0.3 is 0 Å². The van der Waals surface area contributed by atoms with Gasteiger partial charge in [-0.25, -0.2) is 8.42 Å². The highest BCUT2D eigenvalue weighted by molar-refractivity contribution is 7.91. The third-order valence-corrected chi connectivity index (χ3v) is 5.66. The largest absolute Gasteiger partial charge is 0.326 e. The molecule has 0 saturated carbocycles. The first-order chi connectivity index (χ1) is 12.2. The lowest BCUT2D eigenvalue weighted by molar-refractivity contribution is -0.385. The Kier molecular flexibility index (Phi) is 6.10. The van der Waals surface area contributed by atoms with Crippen molar-refractivity contribution < 1.29 is 18.1 Å². The number of aryl methyl sites for hydroxylation is 2. The van der Waals surface area contributed by atoms with Crippen LogP contribution in [-0.4, -0.2) is 25.0 Å². The lowest BCUT2D eigenvalue weighted by Crippen LogP contribution is -2.17. The maximum absolute atomic E-state index is 12.3. The highest BCUT2D eigenvalue weighted by Crippen LogP contribution is 2.24. The molecule has 0 fully saturated rings. The molecule has 2 aromatic rings. The summed E-state index contributed by atoms with van der Waals surface area (Å²) in [4.78, 5) is 22.8. The van der Waals surface area contributed by atoms with Gasteiger partial charge in [-0.1, -0.05) is 30.7 Å². The molecular weight excluding hydrogens is 356 g/mol. The van der Waals surface area contributed by atoms with E-state index < -0.39 is 20.7 Å². The molecule has 0 unspecified atom stereocenters. The molecule has 0 bridgehead atoms. The van der Waals surface area contributed by atoms with Crippen molar-refractivity contribution in [2.24, 2.45) is 0 Å². The molecule has 26 heavy (non-hydrogen) atoms. The van der Waals surface area contributed by atoms with Crippen LogP contribution < -0.4 is 5.32 Å². The van der Waals surface area contributed by atoms with Crippen LogP contribution in [0.25, 0.3) is 0 Å². The number of hydrogen-bond acceptors (Lipinski definition) is 5. The molecule has 1 amide bonds.